The van der Waals surface area contributed by atoms with Crippen molar-refractivity contribution < 1.29 is 13.2 Å². The first kappa shape index (κ1) is 21.1. The van der Waals surface area contributed by atoms with Gasteiger partial charge in [-0.25, -0.2) is 8.78 Å². The van der Waals surface area contributed by atoms with Crippen molar-refractivity contribution in [3.63, 3.8) is 0 Å². The molecule has 32 heavy (non-hydrogen) atoms. The average molecular weight is 471 g/mol. The highest BCUT2D eigenvalue weighted by Gasteiger charge is 2.24. The van der Waals surface area contributed by atoms with Crippen molar-refractivity contribution in [2.24, 2.45) is 7.05 Å². The molecule has 0 bridgehead atoms. The third kappa shape index (κ3) is 4.40. The van der Waals surface area contributed by atoms with Crippen LogP contribution in [-0.2, 0) is 13.6 Å². The molecular weight excluding hydrogens is 450 g/mol. The average Bonchev–Trinajstić information content (AvgIpc) is 3.36. The molecule has 0 spiro atoms. The first-order valence-electron chi connectivity index (χ1n) is 10.1. The van der Waals surface area contributed by atoms with E-state index in [1.807, 2.05) is 35.9 Å². The summed E-state index contributed by atoms with van der Waals surface area (Å²) in [6, 6.07) is 16.3. The van der Waals surface area contributed by atoms with E-state index in [0.29, 0.717) is 6.54 Å². The van der Waals surface area contributed by atoms with E-state index in [1.54, 1.807) is 24.2 Å². The van der Waals surface area contributed by atoms with Gasteiger partial charge in [0.2, 0.25) is 0 Å². The lowest BCUT2D eigenvalue weighted by Gasteiger charge is -2.23. The van der Waals surface area contributed by atoms with Gasteiger partial charge in [0.25, 0.3) is 0 Å². The van der Waals surface area contributed by atoms with Gasteiger partial charge >= 0.3 is 0 Å². The third-order valence-electron chi connectivity index (χ3n) is 5.30. The molecule has 0 aliphatic carbocycles. The predicted octanol–water partition coefficient (Wildman–Crippen LogP) is 6.08. The Morgan fingerprint density at radius 1 is 1.12 bits per heavy atom. The van der Waals surface area contributed by atoms with Gasteiger partial charge in [0.05, 0.1) is 12.2 Å². The fourth-order valence-electron chi connectivity index (χ4n) is 3.68. The first-order valence-corrected chi connectivity index (χ1v) is 11.8. The smallest absolute Gasteiger partial charge is 0.198 e. The molecule has 9 heteroatoms. The van der Waals surface area contributed by atoms with Crippen LogP contribution in [0.4, 0.5) is 14.5 Å². The molecule has 0 fully saturated rings. The molecule has 5 rings (SSSR count). The zero-order valence-electron chi connectivity index (χ0n) is 17.2. The fraction of sp³-hybridized carbons (Fsp3) is 0.217. The summed E-state index contributed by atoms with van der Waals surface area (Å²) in [5.74, 6) is -0.774. The normalized spacial score (nSPS) is 16.1. The summed E-state index contributed by atoms with van der Waals surface area (Å²) < 4.78 is 35.2. The summed E-state index contributed by atoms with van der Waals surface area (Å²) in [7, 11) is 1.89. The van der Waals surface area contributed by atoms with Gasteiger partial charge in [0, 0.05) is 23.7 Å². The van der Waals surface area contributed by atoms with Crippen molar-refractivity contribution >= 4 is 29.2 Å². The summed E-state index contributed by atoms with van der Waals surface area (Å²) >= 11 is 3.11. The second-order valence-electron chi connectivity index (χ2n) is 7.51. The Labute approximate surface area is 192 Å². The largest absolute Gasteiger partial charge is 0.453 e. The summed E-state index contributed by atoms with van der Waals surface area (Å²) in [6.07, 6.45) is 2.45. The van der Waals surface area contributed by atoms with Crippen molar-refractivity contribution in [1.29, 1.82) is 0 Å². The molecule has 0 unspecified atom stereocenters. The molecule has 0 amide bonds. The van der Waals surface area contributed by atoms with E-state index in [4.69, 9.17) is 4.42 Å². The number of hydrogen-bond donors (Lipinski definition) is 0. The van der Waals surface area contributed by atoms with E-state index >= 15 is 0 Å². The van der Waals surface area contributed by atoms with Crippen molar-refractivity contribution in [2.75, 3.05) is 11.4 Å². The number of hydrogen-bond acceptors (Lipinski definition) is 6. The molecule has 0 N–H and O–H groups in total. The van der Waals surface area contributed by atoms with Gasteiger partial charge in [-0.05, 0) is 60.1 Å². The van der Waals surface area contributed by atoms with E-state index in [1.165, 1.54) is 23.9 Å². The van der Waals surface area contributed by atoms with Crippen LogP contribution in [0.15, 0.2) is 80.5 Å². The lowest BCUT2D eigenvalue weighted by molar-refractivity contribution is 0.426. The van der Waals surface area contributed by atoms with Crippen LogP contribution in [0.5, 0.6) is 0 Å². The number of para-hydroxylation sites is 1. The molecule has 2 aromatic carbocycles. The zero-order chi connectivity index (χ0) is 22.1. The molecule has 0 saturated heterocycles. The number of halogens is 2. The Kier molecular flexibility index (Phi) is 5.93. The Bertz CT molecular complexity index is 1240. The second kappa shape index (κ2) is 8.99. The summed E-state index contributed by atoms with van der Waals surface area (Å²) in [6.45, 7) is 1.38. The minimum absolute atomic E-state index is 0.0369. The molecule has 5 nitrogen and oxygen atoms in total. The van der Waals surface area contributed by atoms with E-state index in [0.717, 1.165) is 45.1 Å². The number of aryl methyl sites for hydroxylation is 1. The van der Waals surface area contributed by atoms with Crippen LogP contribution >= 0.6 is 23.5 Å². The number of benzene rings is 2. The molecule has 1 atom stereocenters. The van der Waals surface area contributed by atoms with E-state index in [2.05, 4.69) is 27.2 Å². The van der Waals surface area contributed by atoms with Gasteiger partial charge in [-0.1, -0.05) is 18.2 Å². The van der Waals surface area contributed by atoms with Gasteiger partial charge < -0.3 is 13.9 Å². The van der Waals surface area contributed by atoms with Crippen LogP contribution in [-0.4, -0.2) is 21.3 Å². The lowest BCUT2D eigenvalue weighted by atomic mass is 10.1. The summed E-state index contributed by atoms with van der Waals surface area (Å²) in [4.78, 5) is 3.39. The molecule has 4 aromatic rings. The summed E-state index contributed by atoms with van der Waals surface area (Å²) in [5, 5.41) is 9.53. The maximum atomic E-state index is 13.8. The van der Waals surface area contributed by atoms with Crippen molar-refractivity contribution in [1.82, 2.24) is 14.8 Å². The van der Waals surface area contributed by atoms with E-state index < -0.39 is 11.6 Å². The Morgan fingerprint density at radius 3 is 2.81 bits per heavy atom. The minimum atomic E-state index is -0.817. The molecule has 2 aromatic heterocycles. The summed E-state index contributed by atoms with van der Waals surface area (Å²) in [5.41, 5.74) is 1.91. The highest BCUT2D eigenvalue weighted by Crippen LogP contribution is 2.45. The molecular formula is C23H20F2N4OS2. The van der Waals surface area contributed by atoms with Crippen LogP contribution in [0.1, 0.15) is 23.0 Å². The van der Waals surface area contributed by atoms with Crippen LogP contribution in [0.2, 0.25) is 0 Å². The number of aromatic nitrogens is 3. The number of rotatable bonds is 5. The van der Waals surface area contributed by atoms with E-state index in [9.17, 15) is 8.78 Å². The van der Waals surface area contributed by atoms with Crippen molar-refractivity contribution in [3.8, 4) is 0 Å². The molecule has 3 heterocycles. The maximum Gasteiger partial charge on any atom is 0.198 e. The van der Waals surface area contributed by atoms with Gasteiger partial charge in [-0.3, -0.25) is 0 Å². The lowest BCUT2D eigenvalue weighted by Crippen LogP contribution is -2.23. The van der Waals surface area contributed by atoms with Gasteiger partial charge in [0.15, 0.2) is 21.9 Å². The standard InChI is InChI=1S/C23H20F2N4OS2/c1-28-14-26-27-23(28)32-22-9-7-16(30-22)13-29-11-10-20(15-6-8-17(24)18(25)12-15)31-21-5-3-2-4-19(21)29/h2-9,12,14,20H,10-11,13H2,1H3/t20-/m1/s1. The van der Waals surface area contributed by atoms with Crippen LogP contribution in [0.3, 0.4) is 0 Å². The molecule has 164 valence electrons. The van der Waals surface area contributed by atoms with Crippen LogP contribution < -0.4 is 4.90 Å². The van der Waals surface area contributed by atoms with Gasteiger partial charge in [-0.15, -0.1) is 22.0 Å². The quantitative estimate of drug-likeness (QED) is 0.352. The predicted molar refractivity (Wildman–Crippen MR) is 121 cm³/mol. The Morgan fingerprint density at radius 2 is 2.00 bits per heavy atom. The SMILES string of the molecule is Cn1cnnc1Sc1ccc(CN2CC[C@H](c3ccc(F)c(F)c3)Sc3ccccc32)o1. The fourth-order valence-corrected chi connectivity index (χ4v) is 5.71. The number of nitrogens with zero attached hydrogens (tertiary/aromatic N) is 4. The third-order valence-corrected chi connectivity index (χ3v) is 7.66. The number of fused-ring (bicyclic) bond motifs is 1. The molecule has 1 aliphatic heterocycles. The van der Waals surface area contributed by atoms with Gasteiger partial charge in [-0.2, -0.15) is 0 Å². The monoisotopic (exact) mass is 470 g/mol. The van der Waals surface area contributed by atoms with Crippen LogP contribution in [0, 0.1) is 11.6 Å². The van der Waals surface area contributed by atoms with Crippen molar-refractivity contribution in [3.05, 3.63) is 83.9 Å². The number of anilines is 1. The second-order valence-corrected chi connectivity index (χ2v) is 9.72. The topological polar surface area (TPSA) is 47.1 Å². The van der Waals surface area contributed by atoms with E-state index in [-0.39, 0.29) is 5.25 Å². The maximum absolute atomic E-state index is 13.8. The first-order chi connectivity index (χ1) is 15.6. The van der Waals surface area contributed by atoms with Crippen LogP contribution in [0.25, 0.3) is 0 Å². The molecule has 1 aliphatic rings. The number of furan rings is 1. The highest BCUT2D eigenvalue weighted by molar-refractivity contribution is 7.99. The minimum Gasteiger partial charge on any atom is -0.453 e. The Balaban J connectivity index is 1.36. The highest BCUT2D eigenvalue weighted by atomic mass is 32.2. The zero-order valence-corrected chi connectivity index (χ0v) is 18.9. The Hall–Kier alpha value is -2.78. The number of thioether (sulfide) groups is 1. The van der Waals surface area contributed by atoms with Crippen molar-refractivity contribution in [2.45, 2.75) is 33.4 Å². The molecule has 0 saturated carbocycles. The molecule has 0 radical (unpaired) electrons. The van der Waals surface area contributed by atoms with Gasteiger partial charge in [0.1, 0.15) is 12.1 Å².